The average Bonchev–Trinajstić information content (AvgIpc) is 2.69. The van der Waals surface area contributed by atoms with Crippen molar-refractivity contribution in [3.05, 3.63) is 39.9 Å². The van der Waals surface area contributed by atoms with Crippen molar-refractivity contribution in [1.82, 2.24) is 15.5 Å². The smallest absolute Gasteiger partial charge is 0.308 e. The molecule has 2 N–H and O–H groups in total. The topological polar surface area (TPSA) is 140 Å². The predicted octanol–water partition coefficient (Wildman–Crippen LogP) is -0.0104. The molecular weight excluding hydrogens is 404 g/mol. The van der Waals surface area contributed by atoms with E-state index in [2.05, 4.69) is 10.6 Å². The Morgan fingerprint density at radius 1 is 1.41 bits per heavy atom. The summed E-state index contributed by atoms with van der Waals surface area (Å²) in [6.07, 6.45) is -0.262. The monoisotopic (exact) mass is 424 g/mol. The summed E-state index contributed by atoms with van der Waals surface area (Å²) in [5.74, 6) is -1.69. The number of esters is 1. The lowest BCUT2D eigenvalue weighted by Gasteiger charge is -2.36. The average molecular weight is 424 g/mol. The number of non-ortho nitro benzene ring substituents is 1. The maximum atomic E-state index is 12.4. The minimum absolute atomic E-state index is 0.0403. The van der Waals surface area contributed by atoms with Crippen LogP contribution in [-0.4, -0.2) is 72.2 Å². The summed E-state index contributed by atoms with van der Waals surface area (Å²) in [5.41, 5.74) is -0.198. The first-order valence-electron chi connectivity index (χ1n) is 8.62. The highest BCUT2D eigenvalue weighted by Gasteiger charge is 2.34. The van der Waals surface area contributed by atoms with E-state index in [4.69, 9.17) is 21.7 Å². The van der Waals surface area contributed by atoms with Crippen LogP contribution in [0.4, 0.5) is 5.69 Å². The van der Waals surface area contributed by atoms with Crippen molar-refractivity contribution < 1.29 is 28.8 Å². The van der Waals surface area contributed by atoms with Gasteiger partial charge in [0.05, 0.1) is 18.0 Å². The largest absolute Gasteiger partial charge is 0.463 e. The van der Waals surface area contributed by atoms with Gasteiger partial charge in [-0.05, 0) is 18.3 Å². The summed E-state index contributed by atoms with van der Waals surface area (Å²) in [4.78, 5) is 48.3. The second-order valence-corrected chi connectivity index (χ2v) is 6.37. The van der Waals surface area contributed by atoms with Crippen molar-refractivity contribution in [2.24, 2.45) is 0 Å². The first-order valence-corrected chi connectivity index (χ1v) is 9.03. The van der Waals surface area contributed by atoms with Crippen LogP contribution >= 0.6 is 12.2 Å². The fourth-order valence-corrected chi connectivity index (χ4v) is 2.93. The van der Waals surface area contributed by atoms with E-state index in [-0.39, 0.29) is 49.1 Å². The highest BCUT2D eigenvalue weighted by atomic mass is 32.1. The predicted molar refractivity (Wildman–Crippen MR) is 104 cm³/mol. The van der Waals surface area contributed by atoms with Crippen LogP contribution in [0.3, 0.4) is 0 Å². The third-order valence-electron chi connectivity index (χ3n) is 4.04. The van der Waals surface area contributed by atoms with E-state index < -0.39 is 28.7 Å². The highest BCUT2D eigenvalue weighted by Crippen LogP contribution is 2.14. The van der Waals surface area contributed by atoms with Gasteiger partial charge in [0.1, 0.15) is 12.6 Å². The third-order valence-corrected chi connectivity index (χ3v) is 4.38. The molecule has 1 fully saturated rings. The number of methoxy groups -OCH3 is 1. The van der Waals surface area contributed by atoms with Gasteiger partial charge in [0.15, 0.2) is 5.11 Å². The Morgan fingerprint density at radius 3 is 2.86 bits per heavy atom. The second-order valence-electron chi connectivity index (χ2n) is 5.98. The maximum absolute atomic E-state index is 12.4. The van der Waals surface area contributed by atoms with Crippen LogP contribution in [0.5, 0.6) is 0 Å². The number of benzene rings is 1. The van der Waals surface area contributed by atoms with E-state index in [1.165, 1.54) is 30.2 Å². The Morgan fingerprint density at radius 2 is 2.17 bits per heavy atom. The van der Waals surface area contributed by atoms with Gasteiger partial charge >= 0.3 is 5.97 Å². The van der Waals surface area contributed by atoms with Crippen LogP contribution in [0.25, 0.3) is 0 Å². The number of thiocarbonyl (C=S) groups is 1. The standard InChI is InChI=1S/C17H20N4O7S/c1-27-7-8-28-14(22)10-13-16(24)18-5-6-20(13)17(29)19-15(23)11-3-2-4-12(9-11)21(25)26/h2-4,9,13H,5-8,10H2,1H3,(H,18,24)(H,19,23,29). The van der Waals surface area contributed by atoms with Gasteiger partial charge in [0, 0.05) is 37.9 Å². The molecule has 0 radical (unpaired) electrons. The Bertz CT molecular complexity index is 817. The molecule has 0 aromatic heterocycles. The molecule has 2 amide bonds. The van der Waals surface area contributed by atoms with Crippen LogP contribution in [0.15, 0.2) is 24.3 Å². The van der Waals surface area contributed by atoms with Gasteiger partial charge in [-0.1, -0.05) is 6.07 Å². The molecule has 1 heterocycles. The first-order chi connectivity index (χ1) is 13.8. The zero-order valence-electron chi connectivity index (χ0n) is 15.6. The van der Waals surface area contributed by atoms with Crippen molar-refractivity contribution >= 4 is 40.8 Å². The van der Waals surface area contributed by atoms with E-state index >= 15 is 0 Å². The number of carbonyl (C=O) groups excluding carboxylic acids is 3. The Balaban J connectivity index is 2.05. The first kappa shape index (κ1) is 22.2. The number of nitrogens with one attached hydrogen (secondary N) is 2. The summed E-state index contributed by atoms with van der Waals surface area (Å²) in [7, 11) is 1.46. The number of nitrogens with zero attached hydrogens (tertiary/aromatic N) is 2. The van der Waals surface area contributed by atoms with Crippen molar-refractivity contribution in [3.8, 4) is 0 Å². The Hall–Kier alpha value is -3.12. The molecule has 1 atom stereocenters. The minimum Gasteiger partial charge on any atom is -0.463 e. The van der Waals surface area contributed by atoms with Crippen LogP contribution in [0.2, 0.25) is 0 Å². The molecule has 1 aromatic rings. The summed E-state index contributed by atoms with van der Waals surface area (Å²) in [6.45, 7) is 0.832. The van der Waals surface area contributed by atoms with E-state index in [1.807, 2.05) is 0 Å². The molecule has 0 aliphatic carbocycles. The lowest BCUT2D eigenvalue weighted by atomic mass is 10.1. The van der Waals surface area contributed by atoms with Crippen LogP contribution in [0.1, 0.15) is 16.8 Å². The number of amides is 2. The zero-order valence-corrected chi connectivity index (χ0v) is 16.4. The summed E-state index contributed by atoms with van der Waals surface area (Å²) in [5, 5.41) is 15.9. The van der Waals surface area contributed by atoms with E-state index in [0.717, 1.165) is 6.07 Å². The second kappa shape index (κ2) is 10.4. The third kappa shape index (κ3) is 6.19. The minimum atomic E-state index is -0.947. The number of piperazine rings is 1. The number of nitro groups is 1. The molecule has 0 bridgehead atoms. The fraction of sp³-hybridized carbons (Fsp3) is 0.412. The normalized spacial score (nSPS) is 16.0. The van der Waals surface area contributed by atoms with Gasteiger partial charge in [-0.3, -0.25) is 29.8 Å². The molecule has 1 aliphatic rings. The van der Waals surface area contributed by atoms with Gasteiger partial charge in [0.2, 0.25) is 5.91 Å². The van der Waals surface area contributed by atoms with Crippen LogP contribution in [0, 0.1) is 10.1 Å². The number of ether oxygens (including phenoxy) is 2. The molecule has 0 saturated carbocycles. The summed E-state index contributed by atoms with van der Waals surface area (Å²) >= 11 is 5.23. The quantitative estimate of drug-likeness (QED) is 0.203. The van der Waals surface area contributed by atoms with Gasteiger partial charge in [-0.15, -0.1) is 0 Å². The maximum Gasteiger partial charge on any atom is 0.308 e. The molecule has 11 nitrogen and oxygen atoms in total. The fourth-order valence-electron chi connectivity index (χ4n) is 2.62. The van der Waals surface area contributed by atoms with E-state index in [1.54, 1.807) is 0 Å². The molecule has 1 aromatic carbocycles. The van der Waals surface area contributed by atoms with E-state index in [9.17, 15) is 24.5 Å². The zero-order chi connectivity index (χ0) is 21.4. The summed E-state index contributed by atoms with van der Waals surface area (Å²) in [6, 6.07) is 4.21. The number of carbonyl (C=O) groups is 3. The van der Waals surface area contributed by atoms with Gasteiger partial charge in [0.25, 0.3) is 11.6 Å². The Kier molecular flexibility index (Phi) is 7.98. The molecular formula is C17H20N4O7S. The molecule has 2 rings (SSSR count). The molecule has 29 heavy (non-hydrogen) atoms. The number of nitro benzene ring substituents is 1. The van der Waals surface area contributed by atoms with Crippen molar-refractivity contribution in [2.45, 2.75) is 12.5 Å². The lowest BCUT2D eigenvalue weighted by molar-refractivity contribution is -0.384. The number of hydrogen-bond acceptors (Lipinski definition) is 8. The molecule has 156 valence electrons. The Labute approximate surface area is 171 Å². The summed E-state index contributed by atoms with van der Waals surface area (Å²) < 4.78 is 9.78. The molecule has 0 spiro atoms. The van der Waals surface area contributed by atoms with Gasteiger partial charge in [-0.2, -0.15) is 0 Å². The van der Waals surface area contributed by atoms with Crippen LogP contribution < -0.4 is 10.6 Å². The van der Waals surface area contributed by atoms with E-state index in [0.29, 0.717) is 0 Å². The van der Waals surface area contributed by atoms with Gasteiger partial charge < -0.3 is 19.7 Å². The van der Waals surface area contributed by atoms with Crippen molar-refractivity contribution in [2.75, 3.05) is 33.4 Å². The number of hydrogen-bond donors (Lipinski definition) is 2. The molecule has 12 heteroatoms. The van der Waals surface area contributed by atoms with Crippen molar-refractivity contribution in [3.63, 3.8) is 0 Å². The molecule has 1 aliphatic heterocycles. The molecule has 1 unspecified atom stereocenters. The SMILES string of the molecule is COCCOC(=O)CC1C(=O)NCCN1C(=S)NC(=O)c1cccc([N+](=O)[O-])c1. The van der Waals surface area contributed by atoms with Gasteiger partial charge in [-0.25, -0.2) is 0 Å². The molecule has 1 saturated heterocycles. The highest BCUT2D eigenvalue weighted by molar-refractivity contribution is 7.80. The van der Waals surface area contributed by atoms with Crippen molar-refractivity contribution in [1.29, 1.82) is 0 Å². The lowest BCUT2D eigenvalue weighted by Crippen LogP contribution is -2.60. The number of rotatable bonds is 7. The van der Waals surface area contributed by atoms with Crippen LogP contribution in [-0.2, 0) is 19.1 Å².